The molecule has 0 aliphatic heterocycles. The Balaban J connectivity index is 2.16. The van der Waals surface area contributed by atoms with E-state index >= 15 is 0 Å². The molecule has 2 rings (SSSR count). The molecule has 0 fully saturated rings. The third-order valence-electron chi connectivity index (χ3n) is 2.90. The quantitative estimate of drug-likeness (QED) is 0.848. The minimum Gasteiger partial charge on any atom is -0.399 e. The van der Waals surface area contributed by atoms with Crippen LogP contribution in [-0.2, 0) is 23.1 Å². The highest BCUT2D eigenvalue weighted by atomic mass is 32.2. The van der Waals surface area contributed by atoms with Gasteiger partial charge in [-0.3, -0.25) is 4.21 Å². The lowest BCUT2D eigenvalue weighted by molar-refractivity contribution is 0.579. The number of rotatable bonds is 5. The van der Waals surface area contributed by atoms with Crippen molar-refractivity contribution >= 4 is 16.5 Å². The molecule has 0 radical (unpaired) electrons. The van der Waals surface area contributed by atoms with Crippen molar-refractivity contribution in [3.05, 3.63) is 35.9 Å². The molecule has 102 valence electrons. The smallest absolute Gasteiger partial charge is 0.139 e. The van der Waals surface area contributed by atoms with Crippen LogP contribution in [0.5, 0.6) is 0 Å². The van der Waals surface area contributed by atoms with Gasteiger partial charge in [-0.2, -0.15) is 5.10 Å². The standard InChI is InChI=1S/C13H18N4OS/c1-3-6-17-13(15-9-16-17)8-19(18)11-4-5-12(14)10(2)7-11/h4-5,7,9H,3,6,8,14H2,1-2H3. The van der Waals surface area contributed by atoms with Gasteiger partial charge in [0.25, 0.3) is 0 Å². The summed E-state index contributed by atoms with van der Waals surface area (Å²) in [6.07, 6.45) is 2.49. The molecule has 0 aliphatic rings. The van der Waals surface area contributed by atoms with E-state index in [1.807, 2.05) is 17.7 Å². The number of aromatic nitrogens is 3. The summed E-state index contributed by atoms with van der Waals surface area (Å²) in [6.45, 7) is 4.79. The lowest BCUT2D eigenvalue weighted by Crippen LogP contribution is -2.08. The lowest BCUT2D eigenvalue weighted by atomic mass is 10.2. The second kappa shape index (κ2) is 5.97. The zero-order valence-corrected chi connectivity index (χ0v) is 12.0. The average Bonchev–Trinajstić information content (AvgIpc) is 2.80. The number of benzene rings is 1. The van der Waals surface area contributed by atoms with Crippen molar-refractivity contribution in [2.45, 2.75) is 37.5 Å². The van der Waals surface area contributed by atoms with Crippen LogP contribution in [0, 0.1) is 6.92 Å². The molecule has 2 N–H and O–H groups in total. The van der Waals surface area contributed by atoms with Gasteiger partial charge in [0, 0.05) is 17.1 Å². The van der Waals surface area contributed by atoms with Gasteiger partial charge in [0.2, 0.25) is 0 Å². The molecule has 1 unspecified atom stereocenters. The topological polar surface area (TPSA) is 73.8 Å². The van der Waals surface area contributed by atoms with Crippen molar-refractivity contribution < 1.29 is 4.21 Å². The highest BCUT2D eigenvalue weighted by Gasteiger charge is 2.11. The molecule has 5 nitrogen and oxygen atoms in total. The van der Waals surface area contributed by atoms with Gasteiger partial charge in [-0.15, -0.1) is 0 Å². The Hall–Kier alpha value is -1.69. The summed E-state index contributed by atoms with van der Waals surface area (Å²) in [5, 5.41) is 4.14. The predicted molar refractivity (Wildman–Crippen MR) is 76.0 cm³/mol. The first-order chi connectivity index (χ1) is 9.11. The summed E-state index contributed by atoms with van der Waals surface area (Å²) in [4.78, 5) is 4.95. The molecule has 0 saturated carbocycles. The van der Waals surface area contributed by atoms with Crippen LogP contribution < -0.4 is 5.73 Å². The van der Waals surface area contributed by atoms with E-state index in [9.17, 15) is 4.21 Å². The van der Waals surface area contributed by atoms with E-state index in [2.05, 4.69) is 17.0 Å². The molecule has 1 aromatic heterocycles. The van der Waals surface area contributed by atoms with Crippen LogP contribution >= 0.6 is 0 Å². The number of nitrogens with two attached hydrogens (primary N) is 1. The molecule has 0 aliphatic carbocycles. The molecule has 0 bridgehead atoms. The average molecular weight is 278 g/mol. The van der Waals surface area contributed by atoms with Gasteiger partial charge in [0.15, 0.2) is 0 Å². The first-order valence-corrected chi connectivity index (χ1v) is 7.55. The fourth-order valence-electron chi connectivity index (χ4n) is 1.79. The molecular formula is C13H18N4OS. The van der Waals surface area contributed by atoms with Crippen LogP contribution in [0.25, 0.3) is 0 Å². The highest BCUT2D eigenvalue weighted by Crippen LogP contribution is 2.17. The summed E-state index contributed by atoms with van der Waals surface area (Å²) < 4.78 is 14.1. The molecular weight excluding hydrogens is 260 g/mol. The zero-order chi connectivity index (χ0) is 13.8. The van der Waals surface area contributed by atoms with Gasteiger partial charge >= 0.3 is 0 Å². The van der Waals surface area contributed by atoms with Crippen LogP contribution in [0.2, 0.25) is 0 Å². The second-order valence-corrected chi connectivity index (χ2v) is 5.86. The highest BCUT2D eigenvalue weighted by molar-refractivity contribution is 7.84. The Kier molecular flexibility index (Phi) is 4.31. The summed E-state index contributed by atoms with van der Waals surface area (Å²) in [6, 6.07) is 5.46. The van der Waals surface area contributed by atoms with E-state index in [0.29, 0.717) is 5.75 Å². The van der Waals surface area contributed by atoms with E-state index in [4.69, 9.17) is 5.73 Å². The van der Waals surface area contributed by atoms with Gasteiger partial charge < -0.3 is 5.73 Å². The summed E-state index contributed by atoms with van der Waals surface area (Å²) in [7, 11) is -1.12. The Morgan fingerprint density at radius 3 is 2.89 bits per heavy atom. The Labute approximate surface area is 115 Å². The summed E-state index contributed by atoms with van der Waals surface area (Å²) in [5.74, 6) is 1.14. The van der Waals surface area contributed by atoms with Gasteiger partial charge in [0.1, 0.15) is 12.2 Å². The number of nitrogen functional groups attached to an aromatic ring is 1. The Bertz CT molecular complexity index is 594. The molecule has 0 saturated heterocycles. The largest absolute Gasteiger partial charge is 0.399 e. The van der Waals surface area contributed by atoms with Crippen LogP contribution in [-0.4, -0.2) is 19.0 Å². The number of nitrogens with zero attached hydrogens (tertiary/aromatic N) is 3. The van der Waals surface area contributed by atoms with E-state index in [-0.39, 0.29) is 0 Å². The molecule has 1 aromatic carbocycles. The normalized spacial score (nSPS) is 12.5. The number of hydrogen-bond acceptors (Lipinski definition) is 4. The monoisotopic (exact) mass is 278 g/mol. The third kappa shape index (κ3) is 3.20. The van der Waals surface area contributed by atoms with Gasteiger partial charge in [-0.05, 0) is 37.1 Å². The van der Waals surface area contributed by atoms with Crippen LogP contribution in [0.4, 0.5) is 5.69 Å². The SMILES string of the molecule is CCCn1ncnc1CS(=O)c1ccc(N)c(C)c1. The zero-order valence-electron chi connectivity index (χ0n) is 11.2. The predicted octanol–water partition coefficient (Wildman–Crippen LogP) is 1.89. The molecule has 0 spiro atoms. The van der Waals surface area contributed by atoms with Crippen LogP contribution in [0.1, 0.15) is 24.7 Å². The maximum absolute atomic E-state index is 12.3. The third-order valence-corrected chi connectivity index (χ3v) is 4.20. The van der Waals surface area contributed by atoms with Crippen LogP contribution in [0.15, 0.2) is 29.4 Å². The fraction of sp³-hybridized carbons (Fsp3) is 0.385. The van der Waals surface area contributed by atoms with Crippen molar-refractivity contribution in [3.8, 4) is 0 Å². The number of aryl methyl sites for hydroxylation is 2. The van der Waals surface area contributed by atoms with E-state index in [1.165, 1.54) is 6.33 Å². The fourth-order valence-corrected chi connectivity index (χ4v) is 2.94. The first-order valence-electron chi connectivity index (χ1n) is 6.23. The van der Waals surface area contributed by atoms with Crippen LogP contribution in [0.3, 0.4) is 0 Å². The minimum absolute atomic E-state index is 0.378. The van der Waals surface area contributed by atoms with E-state index in [0.717, 1.165) is 34.9 Å². The Morgan fingerprint density at radius 1 is 1.42 bits per heavy atom. The van der Waals surface area contributed by atoms with E-state index in [1.54, 1.807) is 12.1 Å². The van der Waals surface area contributed by atoms with Crippen molar-refractivity contribution in [1.82, 2.24) is 14.8 Å². The van der Waals surface area contributed by atoms with Crippen molar-refractivity contribution in [2.24, 2.45) is 0 Å². The molecule has 19 heavy (non-hydrogen) atoms. The van der Waals surface area contributed by atoms with E-state index < -0.39 is 10.8 Å². The minimum atomic E-state index is -1.12. The summed E-state index contributed by atoms with van der Waals surface area (Å²) >= 11 is 0. The Morgan fingerprint density at radius 2 is 2.21 bits per heavy atom. The number of anilines is 1. The molecule has 6 heteroatoms. The van der Waals surface area contributed by atoms with Crippen molar-refractivity contribution in [1.29, 1.82) is 0 Å². The molecule has 1 atom stereocenters. The van der Waals surface area contributed by atoms with Crippen molar-refractivity contribution in [3.63, 3.8) is 0 Å². The molecule has 1 heterocycles. The maximum Gasteiger partial charge on any atom is 0.139 e. The molecule has 2 aromatic rings. The van der Waals surface area contributed by atoms with Crippen molar-refractivity contribution in [2.75, 3.05) is 5.73 Å². The first kappa shape index (κ1) is 13.7. The van der Waals surface area contributed by atoms with Gasteiger partial charge in [0.05, 0.1) is 16.6 Å². The maximum atomic E-state index is 12.3. The lowest BCUT2D eigenvalue weighted by Gasteiger charge is -2.06. The van der Waals surface area contributed by atoms with Gasteiger partial charge in [-0.1, -0.05) is 6.92 Å². The second-order valence-electron chi connectivity index (χ2n) is 4.41. The number of hydrogen-bond donors (Lipinski definition) is 1. The van der Waals surface area contributed by atoms with Gasteiger partial charge in [-0.25, -0.2) is 9.67 Å². The summed E-state index contributed by atoms with van der Waals surface area (Å²) in [5.41, 5.74) is 7.43. The molecule has 0 amide bonds.